The lowest BCUT2D eigenvalue weighted by atomic mass is 10.1. The molecule has 0 saturated carbocycles. The van der Waals surface area contributed by atoms with E-state index >= 15 is 0 Å². The predicted molar refractivity (Wildman–Crippen MR) is 108 cm³/mol. The Kier molecular flexibility index (Phi) is 5.26. The summed E-state index contributed by atoms with van der Waals surface area (Å²) in [6.45, 7) is 0.186. The predicted octanol–water partition coefficient (Wildman–Crippen LogP) is 4.31. The smallest absolute Gasteiger partial charge is 0.303 e. The fraction of sp³-hybridized carbons (Fsp3) is 0.190. The maximum atomic E-state index is 14.2. The number of furan rings is 1. The highest BCUT2D eigenvalue weighted by Gasteiger charge is 2.19. The van der Waals surface area contributed by atoms with E-state index in [0.717, 1.165) is 0 Å². The van der Waals surface area contributed by atoms with E-state index in [1.165, 1.54) is 28.2 Å². The van der Waals surface area contributed by atoms with E-state index < -0.39 is 5.97 Å². The molecule has 0 aliphatic rings. The van der Waals surface area contributed by atoms with Gasteiger partial charge >= 0.3 is 5.97 Å². The van der Waals surface area contributed by atoms with E-state index in [4.69, 9.17) is 9.52 Å². The topological polar surface area (TPSA) is 85.3 Å². The zero-order valence-electron chi connectivity index (χ0n) is 15.3. The molecule has 29 heavy (non-hydrogen) atoms. The number of rotatable bonds is 7. The van der Waals surface area contributed by atoms with Crippen LogP contribution >= 0.6 is 11.3 Å². The molecule has 0 fully saturated rings. The van der Waals surface area contributed by atoms with Crippen LogP contribution in [0.1, 0.15) is 24.2 Å². The SMILES string of the molecule is O=C(O)CCCn1c(Cc2ccccc2F)nc2scc(-c3ccco3)c2c1=O. The number of aromatic nitrogens is 2. The van der Waals surface area contributed by atoms with Crippen molar-refractivity contribution in [2.75, 3.05) is 0 Å². The third-order valence-electron chi connectivity index (χ3n) is 4.64. The van der Waals surface area contributed by atoms with E-state index in [-0.39, 0.29) is 37.2 Å². The first-order valence-corrected chi connectivity index (χ1v) is 9.92. The lowest BCUT2D eigenvalue weighted by molar-refractivity contribution is -0.137. The Hall–Kier alpha value is -3.26. The fourth-order valence-electron chi connectivity index (χ4n) is 3.25. The van der Waals surface area contributed by atoms with Crippen LogP contribution in [0.15, 0.2) is 57.3 Å². The van der Waals surface area contributed by atoms with Crippen LogP contribution in [0.3, 0.4) is 0 Å². The number of hydrogen-bond donors (Lipinski definition) is 1. The number of hydrogen-bond acceptors (Lipinski definition) is 5. The first-order chi connectivity index (χ1) is 14.0. The highest BCUT2D eigenvalue weighted by molar-refractivity contribution is 7.17. The summed E-state index contributed by atoms with van der Waals surface area (Å²) in [5.41, 5.74) is 0.796. The molecule has 1 N–H and O–H groups in total. The molecule has 1 aromatic carbocycles. The maximum absolute atomic E-state index is 14.2. The molecule has 3 aromatic heterocycles. The number of nitrogens with zero attached hydrogens (tertiary/aromatic N) is 2. The molecule has 0 bridgehead atoms. The number of carbonyl (C=O) groups is 1. The molecule has 0 aliphatic carbocycles. The molecule has 148 valence electrons. The van der Waals surface area contributed by atoms with Gasteiger partial charge in [-0.3, -0.25) is 14.2 Å². The molecule has 6 nitrogen and oxygen atoms in total. The Morgan fingerprint density at radius 2 is 2.07 bits per heavy atom. The van der Waals surface area contributed by atoms with Crippen LogP contribution in [-0.4, -0.2) is 20.6 Å². The quantitative estimate of drug-likeness (QED) is 0.489. The highest BCUT2D eigenvalue weighted by atomic mass is 32.1. The largest absolute Gasteiger partial charge is 0.481 e. The Bertz CT molecular complexity index is 1230. The number of carboxylic acids is 1. The first kappa shape index (κ1) is 19.1. The Morgan fingerprint density at radius 3 is 2.79 bits per heavy atom. The summed E-state index contributed by atoms with van der Waals surface area (Å²) in [6.07, 6.45) is 1.87. The van der Waals surface area contributed by atoms with Crippen LogP contribution in [0.2, 0.25) is 0 Å². The number of benzene rings is 1. The Balaban J connectivity index is 1.84. The van der Waals surface area contributed by atoms with Gasteiger partial charge in [0.1, 0.15) is 22.2 Å². The van der Waals surface area contributed by atoms with Gasteiger partial charge in [0.25, 0.3) is 5.56 Å². The molecule has 4 aromatic rings. The Labute approximate surface area is 168 Å². The van der Waals surface area contributed by atoms with Gasteiger partial charge in [-0.25, -0.2) is 9.37 Å². The molecule has 0 unspecified atom stereocenters. The molecule has 8 heteroatoms. The van der Waals surface area contributed by atoms with Crippen molar-refractivity contribution in [2.45, 2.75) is 25.8 Å². The monoisotopic (exact) mass is 412 g/mol. The average molecular weight is 412 g/mol. The van der Waals surface area contributed by atoms with E-state index in [0.29, 0.717) is 32.9 Å². The molecular formula is C21H17FN2O4S. The highest BCUT2D eigenvalue weighted by Crippen LogP contribution is 2.31. The lowest BCUT2D eigenvalue weighted by Crippen LogP contribution is -2.26. The van der Waals surface area contributed by atoms with Crippen LogP contribution in [0.4, 0.5) is 4.39 Å². The number of halogens is 1. The molecular weight excluding hydrogens is 395 g/mol. The fourth-order valence-corrected chi connectivity index (χ4v) is 4.18. The van der Waals surface area contributed by atoms with Crippen LogP contribution in [0.25, 0.3) is 21.5 Å². The summed E-state index contributed by atoms with van der Waals surface area (Å²) in [7, 11) is 0. The summed E-state index contributed by atoms with van der Waals surface area (Å²) in [6, 6.07) is 9.85. The molecule has 0 spiro atoms. The van der Waals surface area contributed by atoms with Crippen molar-refractivity contribution in [1.82, 2.24) is 9.55 Å². The van der Waals surface area contributed by atoms with Gasteiger partial charge in [-0.1, -0.05) is 18.2 Å². The van der Waals surface area contributed by atoms with Crippen molar-refractivity contribution in [1.29, 1.82) is 0 Å². The zero-order valence-corrected chi connectivity index (χ0v) is 16.1. The average Bonchev–Trinajstić information content (AvgIpc) is 3.35. The van der Waals surface area contributed by atoms with Gasteiger partial charge in [-0.2, -0.15) is 0 Å². The molecule has 0 aliphatic heterocycles. The third-order valence-corrected chi connectivity index (χ3v) is 5.51. The number of fused-ring (bicyclic) bond motifs is 1. The van der Waals surface area contributed by atoms with Gasteiger partial charge in [0.05, 0.1) is 11.6 Å². The normalized spacial score (nSPS) is 11.2. The maximum Gasteiger partial charge on any atom is 0.303 e. The second-order valence-corrected chi connectivity index (χ2v) is 7.42. The zero-order chi connectivity index (χ0) is 20.4. The minimum Gasteiger partial charge on any atom is -0.481 e. The van der Waals surface area contributed by atoms with Gasteiger partial charge in [0, 0.05) is 30.3 Å². The molecule has 0 saturated heterocycles. The number of carboxylic acid groups (broad SMARTS) is 1. The summed E-state index contributed by atoms with van der Waals surface area (Å²) in [5, 5.41) is 11.2. The summed E-state index contributed by atoms with van der Waals surface area (Å²) >= 11 is 1.32. The minimum atomic E-state index is -0.936. The molecule has 0 amide bonds. The summed E-state index contributed by atoms with van der Waals surface area (Å²) in [5.74, 6) is -0.337. The summed E-state index contributed by atoms with van der Waals surface area (Å²) in [4.78, 5) is 29.4. The van der Waals surface area contributed by atoms with Crippen molar-refractivity contribution in [2.24, 2.45) is 0 Å². The molecule has 4 rings (SSSR count). The third kappa shape index (κ3) is 3.84. The first-order valence-electron chi connectivity index (χ1n) is 9.04. The van der Waals surface area contributed by atoms with Crippen molar-refractivity contribution in [3.05, 3.63) is 75.6 Å². The van der Waals surface area contributed by atoms with Gasteiger partial charge in [0.15, 0.2) is 0 Å². The summed E-state index contributed by atoms with van der Waals surface area (Å²) < 4.78 is 21.1. The molecule has 3 heterocycles. The lowest BCUT2D eigenvalue weighted by Gasteiger charge is -2.13. The van der Waals surface area contributed by atoms with Crippen LogP contribution in [0, 0.1) is 5.82 Å². The second-order valence-electron chi connectivity index (χ2n) is 6.56. The van der Waals surface area contributed by atoms with Crippen LogP contribution < -0.4 is 5.56 Å². The minimum absolute atomic E-state index is 0.0711. The van der Waals surface area contributed by atoms with E-state index in [2.05, 4.69) is 4.98 Å². The van der Waals surface area contributed by atoms with Gasteiger partial charge in [0.2, 0.25) is 0 Å². The molecule has 0 atom stereocenters. The van der Waals surface area contributed by atoms with Gasteiger partial charge in [-0.05, 0) is 30.2 Å². The number of thiophene rings is 1. The van der Waals surface area contributed by atoms with Crippen molar-refractivity contribution >= 4 is 27.5 Å². The Morgan fingerprint density at radius 1 is 1.24 bits per heavy atom. The van der Waals surface area contributed by atoms with Gasteiger partial charge < -0.3 is 9.52 Å². The van der Waals surface area contributed by atoms with Crippen LogP contribution in [0.5, 0.6) is 0 Å². The van der Waals surface area contributed by atoms with Gasteiger partial charge in [-0.15, -0.1) is 11.3 Å². The van der Waals surface area contributed by atoms with E-state index in [9.17, 15) is 14.0 Å². The van der Waals surface area contributed by atoms with E-state index in [1.54, 1.807) is 30.3 Å². The standard InChI is InChI=1S/C21H17FN2O4S/c22-15-6-2-1-5-13(15)11-17-23-20-19(14(12-29-20)16-7-4-10-28-16)21(27)24(17)9-3-8-18(25)26/h1-2,4-7,10,12H,3,8-9,11H2,(H,25,26). The second kappa shape index (κ2) is 8.00. The van der Waals surface area contributed by atoms with Crippen LogP contribution in [-0.2, 0) is 17.8 Å². The molecule has 0 radical (unpaired) electrons. The number of aliphatic carboxylic acids is 1. The van der Waals surface area contributed by atoms with Crippen molar-refractivity contribution in [3.8, 4) is 11.3 Å². The van der Waals surface area contributed by atoms with Crippen molar-refractivity contribution in [3.63, 3.8) is 0 Å². The van der Waals surface area contributed by atoms with E-state index in [1.807, 2.05) is 5.38 Å². The van der Waals surface area contributed by atoms with Crippen molar-refractivity contribution < 1.29 is 18.7 Å².